The number of hydrogen-bond acceptors (Lipinski definition) is 3. The second-order valence-corrected chi connectivity index (χ2v) is 5.57. The molecule has 1 atom stereocenters. The average molecular weight is 286 g/mol. The minimum absolute atomic E-state index is 0.441. The van der Waals surface area contributed by atoms with Crippen molar-refractivity contribution in [2.75, 3.05) is 17.7 Å². The molecule has 1 aromatic heterocycles. The zero-order chi connectivity index (χ0) is 12.3. The second kappa shape index (κ2) is 5.53. The fourth-order valence-electron chi connectivity index (χ4n) is 1.79. The van der Waals surface area contributed by atoms with Gasteiger partial charge >= 0.3 is 0 Å². The first-order valence-corrected chi connectivity index (χ1v) is 6.35. The predicted octanol–water partition coefficient (Wildman–Crippen LogP) is 3.30. The number of rotatable bonds is 4. The van der Waals surface area contributed by atoms with Crippen LogP contribution in [0.4, 0.5) is 11.5 Å². The molecule has 90 valence electrons. The van der Waals surface area contributed by atoms with Crippen LogP contribution in [0.3, 0.4) is 0 Å². The number of anilines is 2. The molecule has 0 radical (unpaired) electrons. The van der Waals surface area contributed by atoms with Gasteiger partial charge in [-0.05, 0) is 41.3 Å². The summed E-state index contributed by atoms with van der Waals surface area (Å²) in [5.74, 6) is 1.53. The lowest BCUT2D eigenvalue weighted by atomic mass is 10.0. The van der Waals surface area contributed by atoms with Crippen LogP contribution in [0.2, 0.25) is 0 Å². The fourth-order valence-corrected chi connectivity index (χ4v) is 2.14. The van der Waals surface area contributed by atoms with Gasteiger partial charge in [-0.3, -0.25) is 0 Å². The van der Waals surface area contributed by atoms with Crippen LogP contribution in [0.25, 0.3) is 0 Å². The maximum Gasteiger partial charge on any atom is 0.151 e. The number of nitrogens with zero attached hydrogens (tertiary/aromatic N) is 2. The van der Waals surface area contributed by atoms with E-state index < -0.39 is 0 Å². The Kier molecular flexibility index (Phi) is 4.59. The van der Waals surface area contributed by atoms with Crippen molar-refractivity contribution < 1.29 is 0 Å². The summed E-state index contributed by atoms with van der Waals surface area (Å²) in [6.07, 6.45) is 2.91. The minimum atomic E-state index is 0.441. The molecule has 0 spiro atoms. The highest BCUT2D eigenvalue weighted by atomic mass is 79.9. The van der Waals surface area contributed by atoms with Gasteiger partial charge in [0.25, 0.3) is 0 Å². The SMILES string of the molecule is CC(C)CC(C)N(C)c1ncc(Br)cc1N. The molecule has 0 fully saturated rings. The molecule has 0 aliphatic carbocycles. The Morgan fingerprint density at radius 2 is 2.06 bits per heavy atom. The van der Waals surface area contributed by atoms with Crippen molar-refractivity contribution in [1.29, 1.82) is 0 Å². The van der Waals surface area contributed by atoms with Gasteiger partial charge in [0.2, 0.25) is 0 Å². The van der Waals surface area contributed by atoms with Crippen LogP contribution in [0.1, 0.15) is 27.2 Å². The van der Waals surface area contributed by atoms with E-state index in [4.69, 9.17) is 5.73 Å². The third-order valence-electron chi connectivity index (χ3n) is 2.67. The summed E-state index contributed by atoms with van der Waals surface area (Å²) in [6, 6.07) is 2.33. The maximum atomic E-state index is 5.96. The Hall–Kier alpha value is -0.770. The quantitative estimate of drug-likeness (QED) is 0.923. The molecule has 4 heteroatoms. The average Bonchev–Trinajstić information content (AvgIpc) is 2.15. The van der Waals surface area contributed by atoms with Gasteiger partial charge < -0.3 is 10.6 Å². The lowest BCUT2D eigenvalue weighted by molar-refractivity contribution is 0.502. The van der Waals surface area contributed by atoms with E-state index in [0.29, 0.717) is 17.6 Å². The highest BCUT2D eigenvalue weighted by Crippen LogP contribution is 2.25. The molecule has 2 N–H and O–H groups in total. The van der Waals surface area contributed by atoms with Crippen LogP contribution in [-0.2, 0) is 0 Å². The first-order valence-electron chi connectivity index (χ1n) is 5.55. The van der Waals surface area contributed by atoms with E-state index in [0.717, 1.165) is 16.7 Å². The summed E-state index contributed by atoms with van der Waals surface area (Å²) in [7, 11) is 2.04. The third kappa shape index (κ3) is 3.37. The molecule has 16 heavy (non-hydrogen) atoms. The molecule has 0 bridgehead atoms. The Morgan fingerprint density at radius 1 is 1.44 bits per heavy atom. The number of nitrogen functional groups attached to an aromatic ring is 1. The van der Waals surface area contributed by atoms with Gasteiger partial charge in [0.05, 0.1) is 5.69 Å². The van der Waals surface area contributed by atoms with Crippen LogP contribution >= 0.6 is 15.9 Å². The van der Waals surface area contributed by atoms with E-state index >= 15 is 0 Å². The molecular formula is C12H20BrN3. The van der Waals surface area contributed by atoms with Crippen molar-refractivity contribution >= 4 is 27.4 Å². The molecule has 1 heterocycles. The monoisotopic (exact) mass is 285 g/mol. The van der Waals surface area contributed by atoms with Crippen LogP contribution in [0.15, 0.2) is 16.7 Å². The van der Waals surface area contributed by atoms with Crippen molar-refractivity contribution in [2.45, 2.75) is 33.2 Å². The molecule has 1 unspecified atom stereocenters. The highest BCUT2D eigenvalue weighted by Gasteiger charge is 2.15. The molecule has 0 aromatic carbocycles. The Labute approximate surface area is 106 Å². The molecule has 0 saturated carbocycles. The van der Waals surface area contributed by atoms with E-state index in [2.05, 4.69) is 46.6 Å². The van der Waals surface area contributed by atoms with Gasteiger partial charge in [-0.2, -0.15) is 0 Å². The molecule has 3 nitrogen and oxygen atoms in total. The van der Waals surface area contributed by atoms with Crippen molar-refractivity contribution in [3.8, 4) is 0 Å². The van der Waals surface area contributed by atoms with E-state index in [1.165, 1.54) is 0 Å². The van der Waals surface area contributed by atoms with Crippen molar-refractivity contribution in [3.63, 3.8) is 0 Å². The highest BCUT2D eigenvalue weighted by molar-refractivity contribution is 9.10. The summed E-state index contributed by atoms with van der Waals surface area (Å²) < 4.78 is 0.915. The van der Waals surface area contributed by atoms with Crippen LogP contribution in [0.5, 0.6) is 0 Å². The standard InChI is InChI=1S/C12H20BrN3/c1-8(2)5-9(3)16(4)12-11(14)6-10(13)7-15-12/h6-9H,5,14H2,1-4H3. The normalized spacial score (nSPS) is 12.9. The minimum Gasteiger partial charge on any atom is -0.396 e. The van der Waals surface area contributed by atoms with Gasteiger partial charge in [0.1, 0.15) is 0 Å². The molecular weight excluding hydrogens is 266 g/mol. The van der Waals surface area contributed by atoms with Gasteiger partial charge in [0, 0.05) is 23.8 Å². The summed E-state index contributed by atoms with van der Waals surface area (Å²) in [6.45, 7) is 6.65. The molecule has 1 aromatic rings. The van der Waals surface area contributed by atoms with Crippen molar-refractivity contribution in [3.05, 3.63) is 16.7 Å². The number of hydrogen-bond donors (Lipinski definition) is 1. The summed E-state index contributed by atoms with van der Waals surface area (Å²) in [5.41, 5.74) is 6.67. The van der Waals surface area contributed by atoms with Gasteiger partial charge in [0.15, 0.2) is 5.82 Å². The zero-order valence-corrected chi connectivity index (χ0v) is 12.0. The number of nitrogens with two attached hydrogens (primary N) is 1. The zero-order valence-electron chi connectivity index (χ0n) is 10.4. The fraction of sp³-hybridized carbons (Fsp3) is 0.583. The first kappa shape index (κ1) is 13.3. The molecule has 0 saturated heterocycles. The Bertz CT molecular complexity index is 352. The van der Waals surface area contributed by atoms with Crippen LogP contribution < -0.4 is 10.6 Å². The molecule has 0 amide bonds. The maximum absolute atomic E-state index is 5.96. The van der Waals surface area contributed by atoms with E-state index in [1.54, 1.807) is 6.20 Å². The predicted molar refractivity (Wildman–Crippen MR) is 73.7 cm³/mol. The smallest absolute Gasteiger partial charge is 0.151 e. The van der Waals surface area contributed by atoms with Gasteiger partial charge in [-0.1, -0.05) is 13.8 Å². The van der Waals surface area contributed by atoms with Gasteiger partial charge in [-0.25, -0.2) is 4.98 Å². The molecule has 0 aliphatic rings. The second-order valence-electron chi connectivity index (χ2n) is 4.66. The largest absolute Gasteiger partial charge is 0.396 e. The number of halogens is 1. The first-order chi connectivity index (χ1) is 7.41. The number of pyridine rings is 1. The molecule has 1 rings (SSSR count). The van der Waals surface area contributed by atoms with Gasteiger partial charge in [-0.15, -0.1) is 0 Å². The summed E-state index contributed by atoms with van der Waals surface area (Å²) in [5, 5.41) is 0. The Morgan fingerprint density at radius 3 is 2.56 bits per heavy atom. The van der Waals surface area contributed by atoms with E-state index in [1.807, 2.05) is 13.1 Å². The Balaban J connectivity index is 2.83. The topological polar surface area (TPSA) is 42.2 Å². The third-order valence-corrected chi connectivity index (χ3v) is 3.10. The lowest BCUT2D eigenvalue weighted by Crippen LogP contribution is -2.31. The van der Waals surface area contributed by atoms with Crippen LogP contribution in [0, 0.1) is 5.92 Å². The van der Waals surface area contributed by atoms with E-state index in [9.17, 15) is 0 Å². The summed E-state index contributed by atoms with van der Waals surface area (Å²) in [4.78, 5) is 6.50. The van der Waals surface area contributed by atoms with Crippen molar-refractivity contribution in [2.24, 2.45) is 5.92 Å². The lowest BCUT2D eigenvalue weighted by Gasteiger charge is -2.28. The van der Waals surface area contributed by atoms with Crippen molar-refractivity contribution in [1.82, 2.24) is 4.98 Å². The van der Waals surface area contributed by atoms with Crippen LogP contribution in [-0.4, -0.2) is 18.1 Å². The van der Waals surface area contributed by atoms with E-state index in [-0.39, 0.29) is 0 Å². The number of aromatic nitrogens is 1. The summed E-state index contributed by atoms with van der Waals surface area (Å²) >= 11 is 3.36. The molecule has 0 aliphatic heterocycles.